The summed E-state index contributed by atoms with van der Waals surface area (Å²) in [7, 11) is 1.62. The van der Waals surface area contributed by atoms with Crippen LogP contribution in [-0.2, 0) is 4.79 Å². The highest BCUT2D eigenvalue weighted by Crippen LogP contribution is 2.43. The fourth-order valence-corrected chi connectivity index (χ4v) is 4.06. The number of likely N-dealkylation sites (tertiary alicyclic amines) is 1. The Balaban J connectivity index is 0.00000243. The van der Waals surface area contributed by atoms with Crippen molar-refractivity contribution in [1.82, 2.24) is 10.2 Å². The summed E-state index contributed by atoms with van der Waals surface area (Å²) in [6.07, 6.45) is 3.02. The van der Waals surface area contributed by atoms with Crippen LogP contribution in [0, 0.1) is 11.3 Å². The second-order valence-corrected chi connectivity index (χ2v) is 7.04. The second kappa shape index (κ2) is 9.44. The van der Waals surface area contributed by atoms with Gasteiger partial charge in [0.15, 0.2) is 6.61 Å². The SMILES string of the molecule is COc1ccc(OCC(=O)N2CCC3(CCNCC3CO)CC2)cc1.Cl. The summed E-state index contributed by atoms with van der Waals surface area (Å²) in [6.45, 7) is 3.67. The van der Waals surface area contributed by atoms with Gasteiger partial charge in [0.25, 0.3) is 5.91 Å². The van der Waals surface area contributed by atoms with Gasteiger partial charge in [0, 0.05) is 32.2 Å². The smallest absolute Gasteiger partial charge is 0.260 e. The number of benzene rings is 1. The van der Waals surface area contributed by atoms with Crippen LogP contribution in [0.4, 0.5) is 0 Å². The highest BCUT2D eigenvalue weighted by atomic mass is 35.5. The number of halogens is 1. The van der Waals surface area contributed by atoms with E-state index in [1.807, 2.05) is 17.0 Å². The lowest BCUT2D eigenvalue weighted by molar-refractivity contribution is -0.137. The molecule has 0 bridgehead atoms. The van der Waals surface area contributed by atoms with Crippen LogP contribution in [0.3, 0.4) is 0 Å². The molecule has 1 spiro atoms. The Morgan fingerprint density at radius 2 is 1.88 bits per heavy atom. The maximum absolute atomic E-state index is 12.4. The zero-order valence-corrected chi connectivity index (χ0v) is 16.1. The Labute approximate surface area is 161 Å². The van der Waals surface area contributed by atoms with Crippen LogP contribution in [0.1, 0.15) is 19.3 Å². The number of ether oxygens (including phenoxy) is 2. The van der Waals surface area contributed by atoms with E-state index in [1.54, 1.807) is 19.2 Å². The number of piperidine rings is 2. The van der Waals surface area contributed by atoms with Crippen molar-refractivity contribution in [2.45, 2.75) is 19.3 Å². The van der Waals surface area contributed by atoms with Crippen LogP contribution in [0.25, 0.3) is 0 Å². The van der Waals surface area contributed by atoms with Crippen LogP contribution >= 0.6 is 12.4 Å². The number of rotatable bonds is 5. The summed E-state index contributed by atoms with van der Waals surface area (Å²) >= 11 is 0. The van der Waals surface area contributed by atoms with Crippen LogP contribution in [0.5, 0.6) is 11.5 Å². The topological polar surface area (TPSA) is 71.0 Å². The van der Waals surface area contributed by atoms with Crippen LogP contribution in [0.15, 0.2) is 24.3 Å². The van der Waals surface area contributed by atoms with Gasteiger partial charge < -0.3 is 24.8 Å². The molecule has 1 aromatic rings. The summed E-state index contributed by atoms with van der Waals surface area (Å²) in [5.74, 6) is 1.76. The number of aliphatic hydroxyl groups excluding tert-OH is 1. The van der Waals surface area contributed by atoms with Crippen molar-refractivity contribution in [3.8, 4) is 11.5 Å². The Bertz CT molecular complexity index is 573. The minimum Gasteiger partial charge on any atom is -0.497 e. The van der Waals surface area contributed by atoms with Gasteiger partial charge in [0.2, 0.25) is 0 Å². The van der Waals surface area contributed by atoms with E-state index in [4.69, 9.17) is 9.47 Å². The van der Waals surface area contributed by atoms with E-state index in [1.165, 1.54) is 0 Å². The Hall–Kier alpha value is -1.50. The number of aliphatic hydroxyl groups is 1. The first kappa shape index (κ1) is 20.8. The van der Waals surface area contributed by atoms with Crippen LogP contribution < -0.4 is 14.8 Å². The molecule has 0 aromatic heterocycles. The summed E-state index contributed by atoms with van der Waals surface area (Å²) in [5, 5.41) is 13.1. The van der Waals surface area contributed by atoms with Gasteiger partial charge in [-0.25, -0.2) is 0 Å². The maximum atomic E-state index is 12.4. The highest BCUT2D eigenvalue weighted by Gasteiger charge is 2.43. The van der Waals surface area contributed by atoms with Crippen LogP contribution in [0.2, 0.25) is 0 Å². The predicted molar refractivity (Wildman–Crippen MR) is 102 cm³/mol. The van der Waals surface area contributed by atoms with Crippen molar-refractivity contribution in [2.75, 3.05) is 46.5 Å². The van der Waals surface area contributed by atoms with E-state index in [0.717, 1.165) is 51.2 Å². The number of nitrogens with zero attached hydrogens (tertiary/aromatic N) is 1. The third-order valence-corrected chi connectivity index (χ3v) is 5.81. The highest BCUT2D eigenvalue weighted by molar-refractivity contribution is 5.85. The molecule has 2 N–H and O–H groups in total. The molecule has 1 atom stereocenters. The predicted octanol–water partition coefficient (Wildman–Crippen LogP) is 1.71. The normalized spacial score (nSPS) is 21.8. The average Bonchev–Trinajstić information content (AvgIpc) is 2.67. The number of methoxy groups -OCH3 is 1. The van der Waals surface area contributed by atoms with Gasteiger partial charge in [-0.15, -0.1) is 12.4 Å². The van der Waals surface area contributed by atoms with Gasteiger partial charge >= 0.3 is 0 Å². The molecule has 2 aliphatic rings. The Morgan fingerprint density at radius 1 is 1.23 bits per heavy atom. The zero-order chi connectivity index (χ0) is 17.7. The van der Waals surface area contributed by atoms with Crippen LogP contribution in [-0.4, -0.2) is 62.4 Å². The third kappa shape index (κ3) is 4.61. The van der Waals surface area contributed by atoms with Gasteiger partial charge in [-0.1, -0.05) is 0 Å². The van der Waals surface area contributed by atoms with Gasteiger partial charge in [-0.2, -0.15) is 0 Å². The fourth-order valence-electron chi connectivity index (χ4n) is 4.06. The number of carbonyl (C=O) groups excluding carboxylic acids is 1. The molecule has 2 saturated heterocycles. The molecule has 1 amide bonds. The van der Waals surface area contributed by atoms with Crippen molar-refractivity contribution in [3.05, 3.63) is 24.3 Å². The number of nitrogens with one attached hydrogen (secondary N) is 1. The van der Waals surface area contributed by atoms with Gasteiger partial charge in [-0.3, -0.25) is 4.79 Å². The number of amides is 1. The monoisotopic (exact) mass is 384 g/mol. The largest absolute Gasteiger partial charge is 0.497 e. The zero-order valence-electron chi connectivity index (χ0n) is 15.3. The average molecular weight is 385 g/mol. The van der Waals surface area contributed by atoms with E-state index in [0.29, 0.717) is 11.7 Å². The molecule has 3 rings (SSSR count). The lowest BCUT2D eigenvalue weighted by Gasteiger charge is -2.49. The molecule has 146 valence electrons. The van der Waals surface area contributed by atoms with Crippen molar-refractivity contribution >= 4 is 18.3 Å². The van der Waals surface area contributed by atoms with Crippen molar-refractivity contribution in [1.29, 1.82) is 0 Å². The van der Waals surface area contributed by atoms with Gasteiger partial charge in [0.1, 0.15) is 11.5 Å². The first-order valence-electron chi connectivity index (χ1n) is 9.03. The molecule has 1 aromatic carbocycles. The lowest BCUT2D eigenvalue weighted by Crippen LogP contribution is -2.53. The Morgan fingerprint density at radius 3 is 2.50 bits per heavy atom. The fraction of sp³-hybridized carbons (Fsp3) is 0.632. The number of carbonyl (C=O) groups is 1. The molecule has 1 unspecified atom stereocenters. The Kier molecular flexibility index (Phi) is 7.55. The summed E-state index contributed by atoms with van der Waals surface area (Å²) in [4.78, 5) is 14.3. The first-order chi connectivity index (χ1) is 12.2. The van der Waals surface area contributed by atoms with Gasteiger partial charge in [-0.05, 0) is 55.5 Å². The second-order valence-electron chi connectivity index (χ2n) is 7.04. The molecular formula is C19H29ClN2O4. The van der Waals surface area contributed by atoms with Crippen molar-refractivity contribution in [3.63, 3.8) is 0 Å². The molecule has 2 heterocycles. The summed E-state index contributed by atoms with van der Waals surface area (Å²) in [5.41, 5.74) is 0.188. The van der Waals surface area contributed by atoms with E-state index >= 15 is 0 Å². The van der Waals surface area contributed by atoms with Crippen molar-refractivity contribution in [2.24, 2.45) is 11.3 Å². The van der Waals surface area contributed by atoms with Gasteiger partial charge in [0.05, 0.1) is 7.11 Å². The summed E-state index contributed by atoms with van der Waals surface area (Å²) in [6, 6.07) is 7.24. The first-order valence-corrected chi connectivity index (χ1v) is 9.03. The maximum Gasteiger partial charge on any atom is 0.260 e. The molecule has 0 saturated carbocycles. The lowest BCUT2D eigenvalue weighted by atomic mass is 9.65. The van der Waals surface area contributed by atoms with Crippen molar-refractivity contribution < 1.29 is 19.4 Å². The quantitative estimate of drug-likeness (QED) is 0.808. The number of hydrogen-bond acceptors (Lipinski definition) is 5. The molecule has 7 heteroatoms. The molecule has 2 fully saturated rings. The molecular weight excluding hydrogens is 356 g/mol. The van der Waals surface area contributed by atoms with E-state index in [2.05, 4.69) is 5.32 Å². The molecule has 2 aliphatic heterocycles. The van der Waals surface area contributed by atoms with E-state index in [9.17, 15) is 9.90 Å². The minimum atomic E-state index is 0. The molecule has 0 radical (unpaired) electrons. The van der Waals surface area contributed by atoms with E-state index in [-0.39, 0.29) is 36.9 Å². The number of hydrogen-bond donors (Lipinski definition) is 2. The van der Waals surface area contributed by atoms with E-state index < -0.39 is 0 Å². The standard InChI is InChI=1S/C19H28N2O4.ClH/c1-24-16-2-4-17(5-3-16)25-14-18(23)21-10-7-19(8-11-21)6-9-20-12-15(19)13-22;/h2-5,15,20,22H,6-14H2,1H3;1H. The molecule has 26 heavy (non-hydrogen) atoms. The minimum absolute atomic E-state index is 0. The molecule has 0 aliphatic carbocycles. The summed E-state index contributed by atoms with van der Waals surface area (Å²) < 4.78 is 10.7. The molecule has 6 nitrogen and oxygen atoms in total. The third-order valence-electron chi connectivity index (χ3n) is 5.81.